The number of morpholine rings is 1. The van der Waals surface area contributed by atoms with Gasteiger partial charge in [0.2, 0.25) is 10.0 Å². The molecule has 0 aliphatic carbocycles. The van der Waals surface area contributed by atoms with Crippen LogP contribution in [0.25, 0.3) is 27.5 Å². The summed E-state index contributed by atoms with van der Waals surface area (Å²) in [6.45, 7) is 5.29. The summed E-state index contributed by atoms with van der Waals surface area (Å²) in [6, 6.07) is 10.6. The number of benzene rings is 3. The number of sulfonamides is 1. The number of halogens is 3. The van der Waals surface area contributed by atoms with Gasteiger partial charge in [0.25, 0.3) is 5.56 Å². The van der Waals surface area contributed by atoms with Gasteiger partial charge in [0, 0.05) is 31.9 Å². The third kappa shape index (κ3) is 6.17. The Kier molecular flexibility index (Phi) is 8.25. The molecule has 5 aromatic rings. The van der Waals surface area contributed by atoms with Gasteiger partial charge in [0.15, 0.2) is 5.82 Å². The minimum atomic E-state index is -3.73. The summed E-state index contributed by atoms with van der Waals surface area (Å²) in [6.07, 6.45) is 0.948. The summed E-state index contributed by atoms with van der Waals surface area (Å²) in [7, 11) is -2.14. The number of anilines is 2. The smallest absolute Gasteiger partial charge is 0.266 e. The number of rotatable bonds is 7. The fourth-order valence-corrected chi connectivity index (χ4v) is 6.85. The second-order valence-corrected chi connectivity index (χ2v) is 13.9. The molecule has 2 aromatic heterocycles. The lowest BCUT2D eigenvalue weighted by Gasteiger charge is -2.37. The monoisotopic (exact) mass is 671 g/mol. The van der Waals surface area contributed by atoms with Gasteiger partial charge in [-0.2, -0.15) is 5.10 Å². The Balaban J connectivity index is 1.59. The van der Waals surface area contributed by atoms with Gasteiger partial charge in [-0.1, -0.05) is 11.6 Å². The SMILES string of the molecule is C[C@@H]1CN(c2ccc3c(=O)n(-c4ccc(Cl)c5c(NS(C)(=O)=O)nn(C)c45)c([C@@H](N)Cc4cc(F)cc(F)c4)nc3c2)C[C@H](C)O1. The maximum atomic E-state index is 14.4. The van der Waals surface area contributed by atoms with Crippen LogP contribution in [-0.2, 0) is 28.2 Å². The van der Waals surface area contributed by atoms with E-state index in [0.717, 1.165) is 18.0 Å². The molecule has 1 fully saturated rings. The van der Waals surface area contributed by atoms with E-state index in [2.05, 4.69) is 14.7 Å². The fourth-order valence-electron chi connectivity index (χ4n) is 6.12. The van der Waals surface area contributed by atoms with E-state index in [1.807, 2.05) is 26.0 Å². The van der Waals surface area contributed by atoms with Gasteiger partial charge in [-0.3, -0.25) is 18.8 Å². The summed E-state index contributed by atoms with van der Waals surface area (Å²) in [4.78, 5) is 21.5. The minimum Gasteiger partial charge on any atom is -0.372 e. The van der Waals surface area contributed by atoms with Crippen LogP contribution in [0.1, 0.15) is 31.3 Å². The summed E-state index contributed by atoms with van der Waals surface area (Å²) in [5.74, 6) is -1.42. The highest BCUT2D eigenvalue weighted by molar-refractivity contribution is 7.92. The molecule has 11 nitrogen and oxygen atoms in total. The molecule has 3 atom stereocenters. The first kappa shape index (κ1) is 31.9. The molecule has 0 amide bonds. The molecule has 1 aliphatic rings. The topological polar surface area (TPSA) is 137 Å². The van der Waals surface area contributed by atoms with E-state index in [9.17, 15) is 22.0 Å². The van der Waals surface area contributed by atoms with Crippen molar-refractivity contribution in [2.75, 3.05) is 29.0 Å². The first-order valence-corrected chi connectivity index (χ1v) is 16.8. The molecule has 0 bridgehead atoms. The Morgan fingerprint density at radius 1 is 1.09 bits per heavy atom. The highest BCUT2D eigenvalue weighted by Crippen LogP contribution is 2.35. The van der Waals surface area contributed by atoms with Gasteiger partial charge in [-0.15, -0.1) is 0 Å². The zero-order valence-corrected chi connectivity index (χ0v) is 27.0. The molecule has 0 spiro atoms. The van der Waals surface area contributed by atoms with Crippen LogP contribution in [0.3, 0.4) is 0 Å². The Morgan fingerprint density at radius 3 is 2.41 bits per heavy atom. The third-order valence-corrected chi connectivity index (χ3v) is 8.69. The normalized spacial score (nSPS) is 18.0. The molecule has 3 heterocycles. The van der Waals surface area contributed by atoms with E-state index >= 15 is 0 Å². The Hall–Kier alpha value is -4.11. The van der Waals surface area contributed by atoms with Crippen LogP contribution < -0.4 is 20.9 Å². The summed E-state index contributed by atoms with van der Waals surface area (Å²) in [5, 5.41) is 5.08. The summed E-state index contributed by atoms with van der Waals surface area (Å²) >= 11 is 6.55. The van der Waals surface area contributed by atoms with Gasteiger partial charge in [-0.05, 0) is 68.3 Å². The second kappa shape index (κ2) is 11.9. The molecule has 46 heavy (non-hydrogen) atoms. The molecule has 3 aromatic carbocycles. The molecular weight excluding hydrogens is 640 g/mol. The van der Waals surface area contributed by atoms with Crippen LogP contribution >= 0.6 is 11.6 Å². The molecule has 242 valence electrons. The molecule has 1 saturated heterocycles. The van der Waals surface area contributed by atoms with E-state index in [4.69, 9.17) is 27.1 Å². The van der Waals surface area contributed by atoms with Crippen molar-refractivity contribution >= 4 is 54.9 Å². The third-order valence-electron chi connectivity index (χ3n) is 7.81. The Morgan fingerprint density at radius 2 is 1.76 bits per heavy atom. The van der Waals surface area contributed by atoms with Crippen molar-refractivity contribution in [2.24, 2.45) is 12.8 Å². The highest BCUT2D eigenvalue weighted by Gasteiger charge is 2.26. The van der Waals surface area contributed by atoms with E-state index < -0.39 is 33.3 Å². The molecular formula is C31H32ClF2N7O4S. The van der Waals surface area contributed by atoms with E-state index in [1.54, 1.807) is 19.2 Å². The summed E-state index contributed by atoms with van der Waals surface area (Å²) in [5.41, 5.74) is 8.38. The molecule has 0 unspecified atom stereocenters. The zero-order valence-electron chi connectivity index (χ0n) is 25.5. The van der Waals surface area contributed by atoms with Crippen molar-refractivity contribution in [1.29, 1.82) is 0 Å². The summed E-state index contributed by atoms with van der Waals surface area (Å²) < 4.78 is 63.4. The standard InChI is InChI=1S/C31H32ClF2N7O4S/c1-16-14-40(15-17(2)45-16)21-5-6-22-25(13-21)36-30(24(35)11-18-9-19(33)12-20(34)10-18)41(31(22)42)26-8-7-23(32)27-28(26)39(3)37-29(27)38-46(4,43)44/h5-10,12-13,16-17,24H,11,14-15,35H2,1-4H3,(H,37,38)/t16-,17+,24-/m0/s1. The van der Waals surface area contributed by atoms with Crippen LogP contribution in [0, 0.1) is 11.6 Å². The largest absolute Gasteiger partial charge is 0.372 e. The van der Waals surface area contributed by atoms with Gasteiger partial charge in [0.1, 0.15) is 17.5 Å². The first-order chi connectivity index (χ1) is 21.7. The maximum absolute atomic E-state index is 14.4. The van der Waals surface area contributed by atoms with Crippen LogP contribution in [-0.4, -0.2) is 59.3 Å². The van der Waals surface area contributed by atoms with Crippen LogP contribution in [0.15, 0.2) is 53.3 Å². The number of fused-ring (bicyclic) bond motifs is 2. The van der Waals surface area contributed by atoms with E-state index in [1.165, 1.54) is 27.4 Å². The maximum Gasteiger partial charge on any atom is 0.266 e. The van der Waals surface area contributed by atoms with Crippen LogP contribution in [0.2, 0.25) is 5.02 Å². The van der Waals surface area contributed by atoms with Crippen molar-refractivity contribution in [1.82, 2.24) is 19.3 Å². The quantitative estimate of drug-likeness (QED) is 0.259. The number of aryl methyl sites for hydroxylation is 1. The van der Waals surface area contributed by atoms with Gasteiger partial charge >= 0.3 is 0 Å². The van der Waals surface area contributed by atoms with Crippen molar-refractivity contribution in [3.05, 3.63) is 86.9 Å². The molecule has 0 saturated carbocycles. The van der Waals surface area contributed by atoms with Crippen molar-refractivity contribution in [3.8, 4) is 5.69 Å². The lowest BCUT2D eigenvalue weighted by atomic mass is 10.0. The highest BCUT2D eigenvalue weighted by atomic mass is 35.5. The van der Waals surface area contributed by atoms with Crippen LogP contribution in [0.4, 0.5) is 20.3 Å². The first-order valence-electron chi connectivity index (χ1n) is 14.5. The predicted molar refractivity (Wildman–Crippen MR) is 174 cm³/mol. The van der Waals surface area contributed by atoms with E-state index in [-0.39, 0.29) is 51.9 Å². The number of ether oxygens (including phenoxy) is 1. The number of aromatic nitrogens is 4. The van der Waals surface area contributed by atoms with Gasteiger partial charge in [-0.25, -0.2) is 22.2 Å². The molecule has 0 radical (unpaired) electrons. The van der Waals surface area contributed by atoms with Crippen LogP contribution in [0.5, 0.6) is 0 Å². The number of nitrogens with one attached hydrogen (secondary N) is 1. The van der Waals surface area contributed by atoms with Crippen molar-refractivity contribution in [3.63, 3.8) is 0 Å². The molecule has 6 rings (SSSR count). The van der Waals surface area contributed by atoms with Gasteiger partial charge in [0.05, 0.1) is 57.0 Å². The van der Waals surface area contributed by atoms with Crippen molar-refractivity contribution < 1.29 is 21.9 Å². The fraction of sp³-hybridized carbons (Fsp3) is 0.323. The number of nitrogens with zero attached hydrogens (tertiary/aromatic N) is 5. The Bertz CT molecular complexity index is 2140. The predicted octanol–water partition coefficient (Wildman–Crippen LogP) is 4.43. The number of hydrogen-bond donors (Lipinski definition) is 2. The lowest BCUT2D eigenvalue weighted by Crippen LogP contribution is -2.45. The Labute approximate surface area is 268 Å². The average molecular weight is 672 g/mol. The molecule has 1 aliphatic heterocycles. The number of nitrogens with two attached hydrogens (primary N) is 1. The minimum absolute atomic E-state index is 0.00402. The van der Waals surface area contributed by atoms with Crippen molar-refractivity contribution in [2.45, 2.75) is 38.5 Å². The lowest BCUT2D eigenvalue weighted by molar-refractivity contribution is -0.00521. The molecule has 15 heteroatoms. The second-order valence-electron chi connectivity index (χ2n) is 11.7. The van der Waals surface area contributed by atoms with Gasteiger partial charge < -0.3 is 15.4 Å². The number of hydrogen-bond acceptors (Lipinski definition) is 8. The zero-order chi connectivity index (χ0) is 33.1. The average Bonchev–Trinajstić information content (AvgIpc) is 3.27. The molecule has 3 N–H and O–H groups in total. The van der Waals surface area contributed by atoms with E-state index in [0.29, 0.717) is 29.5 Å².